The molecule has 4 heteroatoms. The van der Waals surface area contributed by atoms with Gasteiger partial charge in [0.05, 0.1) is 23.9 Å². The Morgan fingerprint density at radius 2 is 2.19 bits per heavy atom. The Morgan fingerprint density at radius 1 is 1.50 bits per heavy atom. The van der Waals surface area contributed by atoms with Crippen LogP contribution in [0, 0.1) is 0 Å². The molecule has 0 saturated carbocycles. The fraction of sp³-hybridized carbons (Fsp3) is 0.750. The summed E-state index contributed by atoms with van der Waals surface area (Å²) in [6, 6.07) is 2.23. The monoisotopic (exact) mass is 225 g/mol. The van der Waals surface area contributed by atoms with Crippen LogP contribution in [0.3, 0.4) is 0 Å². The zero-order valence-corrected chi connectivity index (χ0v) is 10.9. The average Bonchev–Trinajstić information content (AvgIpc) is 2.57. The van der Waals surface area contributed by atoms with E-state index >= 15 is 0 Å². The first kappa shape index (κ1) is 13.2. The molecule has 0 aliphatic rings. The number of hydrogen-bond donors (Lipinski definition) is 1. The third-order valence-corrected chi connectivity index (χ3v) is 2.35. The van der Waals surface area contributed by atoms with E-state index in [-0.39, 0.29) is 11.6 Å². The topological polar surface area (TPSA) is 39.1 Å². The molecule has 0 amide bonds. The number of ether oxygens (including phenoxy) is 1. The van der Waals surface area contributed by atoms with Gasteiger partial charge in [-0.2, -0.15) is 5.10 Å². The zero-order valence-electron chi connectivity index (χ0n) is 10.9. The Hall–Kier alpha value is -0.870. The Balaban J connectivity index is 2.65. The second kappa shape index (κ2) is 5.46. The largest absolute Gasteiger partial charge is 0.374 e. The summed E-state index contributed by atoms with van der Waals surface area (Å²) in [6.45, 7) is 9.89. The molecule has 0 fully saturated rings. The van der Waals surface area contributed by atoms with Crippen molar-refractivity contribution in [3.63, 3.8) is 0 Å². The highest BCUT2D eigenvalue weighted by molar-refractivity contribution is 5.06. The van der Waals surface area contributed by atoms with Crippen molar-refractivity contribution in [1.82, 2.24) is 15.1 Å². The smallest absolute Gasteiger partial charge is 0.0729 e. The first-order valence-electron chi connectivity index (χ1n) is 5.79. The van der Waals surface area contributed by atoms with Gasteiger partial charge in [0.1, 0.15) is 0 Å². The van der Waals surface area contributed by atoms with Crippen LogP contribution in [0.1, 0.15) is 39.4 Å². The van der Waals surface area contributed by atoms with E-state index in [1.54, 1.807) is 0 Å². The van der Waals surface area contributed by atoms with Crippen LogP contribution in [0.2, 0.25) is 0 Å². The summed E-state index contributed by atoms with van der Waals surface area (Å²) in [7, 11) is 1.96. The minimum atomic E-state index is -0.105. The molecular formula is C12H23N3O. The minimum Gasteiger partial charge on any atom is -0.374 e. The maximum Gasteiger partial charge on any atom is 0.0729 e. The van der Waals surface area contributed by atoms with E-state index in [0.29, 0.717) is 6.61 Å². The molecule has 0 spiro atoms. The third-order valence-electron chi connectivity index (χ3n) is 2.35. The number of aryl methyl sites for hydroxylation is 1. The summed E-state index contributed by atoms with van der Waals surface area (Å²) in [5.41, 5.74) is 1.05. The number of nitrogens with one attached hydrogen (secondary N) is 1. The average molecular weight is 225 g/mol. The van der Waals surface area contributed by atoms with Gasteiger partial charge in [0.15, 0.2) is 0 Å². The minimum absolute atomic E-state index is 0.105. The van der Waals surface area contributed by atoms with E-state index in [1.807, 2.05) is 24.0 Å². The predicted octanol–water partition coefficient (Wildman–Crippen LogP) is 1.89. The van der Waals surface area contributed by atoms with E-state index in [1.165, 1.54) is 0 Å². The fourth-order valence-electron chi connectivity index (χ4n) is 1.55. The van der Waals surface area contributed by atoms with Crippen molar-refractivity contribution in [1.29, 1.82) is 0 Å². The number of rotatable bonds is 5. The summed E-state index contributed by atoms with van der Waals surface area (Å²) < 4.78 is 7.71. The van der Waals surface area contributed by atoms with Crippen molar-refractivity contribution >= 4 is 0 Å². The maximum absolute atomic E-state index is 5.82. The van der Waals surface area contributed by atoms with Gasteiger partial charge >= 0.3 is 0 Å². The van der Waals surface area contributed by atoms with E-state index in [2.05, 4.69) is 38.1 Å². The second-order valence-electron chi connectivity index (χ2n) is 4.91. The number of hydrogen-bond acceptors (Lipinski definition) is 3. The summed E-state index contributed by atoms with van der Waals surface area (Å²) in [5, 5.41) is 7.60. The lowest BCUT2D eigenvalue weighted by molar-refractivity contribution is -0.0155. The van der Waals surface area contributed by atoms with Crippen molar-refractivity contribution in [3.05, 3.63) is 18.0 Å². The molecule has 0 radical (unpaired) electrons. The second-order valence-corrected chi connectivity index (χ2v) is 4.91. The van der Waals surface area contributed by atoms with Gasteiger partial charge in [0, 0.05) is 13.2 Å². The highest BCUT2D eigenvalue weighted by Crippen LogP contribution is 2.16. The Bertz CT molecular complexity index is 314. The molecule has 92 valence electrons. The first-order chi connectivity index (χ1) is 7.44. The number of nitrogens with zero attached hydrogens (tertiary/aromatic N) is 2. The highest BCUT2D eigenvalue weighted by Gasteiger charge is 2.18. The van der Waals surface area contributed by atoms with Crippen molar-refractivity contribution < 1.29 is 4.74 Å². The van der Waals surface area contributed by atoms with Crippen LogP contribution in [-0.4, -0.2) is 28.5 Å². The number of likely N-dealkylation sites (N-methyl/N-ethyl adjacent to an activating group) is 1. The first-order valence-corrected chi connectivity index (χ1v) is 5.79. The lowest BCUT2D eigenvalue weighted by Crippen LogP contribution is -2.31. The molecular weight excluding hydrogens is 202 g/mol. The predicted molar refractivity (Wildman–Crippen MR) is 65.3 cm³/mol. The van der Waals surface area contributed by atoms with Gasteiger partial charge in [0.2, 0.25) is 0 Å². The molecule has 1 aromatic rings. The molecule has 1 rings (SSSR count). The quantitative estimate of drug-likeness (QED) is 0.831. The van der Waals surface area contributed by atoms with Gasteiger partial charge in [-0.3, -0.25) is 4.68 Å². The van der Waals surface area contributed by atoms with Gasteiger partial charge < -0.3 is 10.1 Å². The van der Waals surface area contributed by atoms with E-state index in [0.717, 1.165) is 12.2 Å². The standard InChI is InChI=1S/C12H23N3O/c1-6-13-10(9-16-12(2,3)4)11-7-8-14-15(11)5/h7-8,10,13H,6,9H2,1-5H3. The van der Waals surface area contributed by atoms with Crippen molar-refractivity contribution in [2.75, 3.05) is 13.2 Å². The maximum atomic E-state index is 5.82. The molecule has 1 aromatic heterocycles. The summed E-state index contributed by atoms with van der Waals surface area (Å²) in [4.78, 5) is 0. The summed E-state index contributed by atoms with van der Waals surface area (Å²) >= 11 is 0. The molecule has 4 nitrogen and oxygen atoms in total. The number of aromatic nitrogens is 2. The van der Waals surface area contributed by atoms with Crippen LogP contribution in [0.4, 0.5) is 0 Å². The van der Waals surface area contributed by atoms with Crippen LogP contribution in [0.25, 0.3) is 0 Å². The molecule has 16 heavy (non-hydrogen) atoms. The molecule has 1 atom stereocenters. The Morgan fingerprint density at radius 3 is 2.62 bits per heavy atom. The van der Waals surface area contributed by atoms with Gasteiger partial charge in [-0.25, -0.2) is 0 Å². The third kappa shape index (κ3) is 3.94. The van der Waals surface area contributed by atoms with Crippen LogP contribution in [-0.2, 0) is 11.8 Å². The zero-order chi connectivity index (χ0) is 12.2. The molecule has 0 saturated heterocycles. The fourth-order valence-corrected chi connectivity index (χ4v) is 1.55. The molecule has 0 aromatic carbocycles. The molecule has 1 N–H and O–H groups in total. The van der Waals surface area contributed by atoms with E-state index in [4.69, 9.17) is 4.74 Å². The lowest BCUT2D eigenvalue weighted by atomic mass is 10.1. The van der Waals surface area contributed by atoms with E-state index < -0.39 is 0 Å². The molecule has 0 aliphatic carbocycles. The molecule has 1 unspecified atom stereocenters. The van der Waals surface area contributed by atoms with Crippen molar-refractivity contribution in [2.24, 2.45) is 7.05 Å². The molecule has 1 heterocycles. The van der Waals surface area contributed by atoms with E-state index in [9.17, 15) is 0 Å². The summed E-state index contributed by atoms with van der Waals surface area (Å²) in [5.74, 6) is 0. The van der Waals surface area contributed by atoms with Crippen molar-refractivity contribution in [3.8, 4) is 0 Å². The lowest BCUT2D eigenvalue weighted by Gasteiger charge is -2.25. The normalized spacial score (nSPS) is 14.1. The Kier molecular flexibility index (Phi) is 4.50. The SMILES string of the molecule is CCNC(COC(C)(C)C)c1ccnn1C. The van der Waals surface area contributed by atoms with Crippen LogP contribution < -0.4 is 5.32 Å². The van der Waals surface area contributed by atoms with Crippen molar-refractivity contribution in [2.45, 2.75) is 39.3 Å². The Labute approximate surface area is 98.0 Å². The van der Waals surface area contributed by atoms with Crippen LogP contribution in [0.5, 0.6) is 0 Å². The van der Waals surface area contributed by atoms with Crippen LogP contribution >= 0.6 is 0 Å². The van der Waals surface area contributed by atoms with Crippen LogP contribution in [0.15, 0.2) is 12.3 Å². The van der Waals surface area contributed by atoms with Gasteiger partial charge in [-0.1, -0.05) is 6.92 Å². The van der Waals surface area contributed by atoms with Gasteiger partial charge in [0.25, 0.3) is 0 Å². The molecule has 0 aliphatic heterocycles. The van der Waals surface area contributed by atoms with Gasteiger partial charge in [-0.05, 0) is 33.4 Å². The summed E-state index contributed by atoms with van der Waals surface area (Å²) in [6.07, 6.45) is 1.82. The van der Waals surface area contributed by atoms with Gasteiger partial charge in [-0.15, -0.1) is 0 Å². The highest BCUT2D eigenvalue weighted by atomic mass is 16.5. The molecule has 0 bridgehead atoms.